The van der Waals surface area contributed by atoms with Gasteiger partial charge in [0.2, 0.25) is 0 Å². The molecule has 1 heterocycles. The second-order valence-electron chi connectivity index (χ2n) is 3.82. The van der Waals surface area contributed by atoms with Crippen LogP contribution in [0, 0.1) is 5.82 Å². The summed E-state index contributed by atoms with van der Waals surface area (Å²) in [6, 6.07) is 4.34. The summed E-state index contributed by atoms with van der Waals surface area (Å²) in [4.78, 5) is 13.4. The molecule has 86 valence electrons. The third-order valence-electron chi connectivity index (χ3n) is 2.61. The van der Waals surface area contributed by atoms with Crippen LogP contribution in [0.1, 0.15) is 16.8 Å². The third kappa shape index (κ3) is 2.25. The van der Waals surface area contributed by atoms with E-state index in [1.807, 2.05) is 0 Å². The lowest BCUT2D eigenvalue weighted by atomic mass is 10.2. The SMILES string of the molecule is O=C(c1ccc(Br)cc1F)N1CC[C@H](O)C1. The molecule has 0 unspecified atom stereocenters. The summed E-state index contributed by atoms with van der Waals surface area (Å²) in [5.74, 6) is -0.901. The normalized spacial score (nSPS) is 20.2. The van der Waals surface area contributed by atoms with E-state index in [0.717, 1.165) is 0 Å². The molecule has 0 aliphatic carbocycles. The topological polar surface area (TPSA) is 40.5 Å². The predicted molar refractivity (Wildman–Crippen MR) is 60.6 cm³/mol. The lowest BCUT2D eigenvalue weighted by molar-refractivity contribution is 0.0760. The summed E-state index contributed by atoms with van der Waals surface area (Å²) in [6.07, 6.45) is 0.0756. The average Bonchev–Trinajstić information content (AvgIpc) is 2.64. The summed E-state index contributed by atoms with van der Waals surface area (Å²) in [5.41, 5.74) is 0.0531. The van der Waals surface area contributed by atoms with Gasteiger partial charge in [0.15, 0.2) is 0 Å². The maximum Gasteiger partial charge on any atom is 0.256 e. The number of hydrogen-bond donors (Lipinski definition) is 1. The minimum atomic E-state index is -0.541. The van der Waals surface area contributed by atoms with Crippen molar-refractivity contribution in [2.45, 2.75) is 12.5 Å². The standard InChI is InChI=1S/C11H11BrFNO2/c12-7-1-2-9(10(13)5-7)11(16)14-4-3-8(15)6-14/h1-2,5,8,15H,3-4,6H2/t8-/m0/s1. The molecule has 1 aliphatic heterocycles. The van der Waals surface area contributed by atoms with Crippen molar-refractivity contribution in [3.05, 3.63) is 34.1 Å². The van der Waals surface area contributed by atoms with Crippen molar-refractivity contribution in [2.75, 3.05) is 13.1 Å². The van der Waals surface area contributed by atoms with Crippen molar-refractivity contribution in [1.82, 2.24) is 4.90 Å². The molecule has 1 aromatic carbocycles. The quantitative estimate of drug-likeness (QED) is 0.856. The van der Waals surface area contributed by atoms with Crippen LogP contribution in [0.2, 0.25) is 0 Å². The molecule has 5 heteroatoms. The van der Waals surface area contributed by atoms with Crippen LogP contribution in [0.3, 0.4) is 0 Å². The van der Waals surface area contributed by atoms with Gasteiger partial charge in [-0.25, -0.2) is 4.39 Å². The molecule has 0 spiro atoms. The van der Waals surface area contributed by atoms with Gasteiger partial charge in [-0.2, -0.15) is 0 Å². The van der Waals surface area contributed by atoms with Gasteiger partial charge in [-0.1, -0.05) is 15.9 Å². The van der Waals surface area contributed by atoms with E-state index in [1.165, 1.54) is 17.0 Å². The van der Waals surface area contributed by atoms with E-state index in [4.69, 9.17) is 0 Å². The maximum atomic E-state index is 13.5. The van der Waals surface area contributed by atoms with Crippen molar-refractivity contribution in [3.8, 4) is 0 Å². The average molecular weight is 288 g/mol. The predicted octanol–water partition coefficient (Wildman–Crippen LogP) is 1.79. The van der Waals surface area contributed by atoms with Crippen molar-refractivity contribution in [1.29, 1.82) is 0 Å². The Balaban J connectivity index is 2.21. The molecule has 3 nitrogen and oxygen atoms in total. The smallest absolute Gasteiger partial charge is 0.256 e. The van der Waals surface area contributed by atoms with Crippen molar-refractivity contribution < 1.29 is 14.3 Å². The molecule has 0 bridgehead atoms. The maximum absolute atomic E-state index is 13.5. The fourth-order valence-electron chi connectivity index (χ4n) is 1.76. The van der Waals surface area contributed by atoms with Crippen LogP contribution < -0.4 is 0 Å². The molecule has 1 saturated heterocycles. The van der Waals surface area contributed by atoms with Gasteiger partial charge in [-0.3, -0.25) is 4.79 Å². The molecule has 0 aromatic heterocycles. The van der Waals surface area contributed by atoms with Gasteiger partial charge in [0, 0.05) is 17.6 Å². The molecule has 1 aromatic rings. The van der Waals surface area contributed by atoms with E-state index >= 15 is 0 Å². The van der Waals surface area contributed by atoms with E-state index in [0.29, 0.717) is 17.4 Å². The first kappa shape index (κ1) is 11.5. The highest BCUT2D eigenvalue weighted by Gasteiger charge is 2.26. The van der Waals surface area contributed by atoms with Crippen molar-refractivity contribution >= 4 is 21.8 Å². The number of carbonyl (C=O) groups excluding carboxylic acids is 1. The summed E-state index contributed by atoms with van der Waals surface area (Å²) < 4.78 is 14.1. The molecule has 2 rings (SSSR count). The van der Waals surface area contributed by atoms with Crippen molar-refractivity contribution in [2.24, 2.45) is 0 Å². The summed E-state index contributed by atoms with van der Waals surface area (Å²) in [5, 5.41) is 9.31. The zero-order valence-electron chi connectivity index (χ0n) is 8.49. The Morgan fingerprint density at radius 2 is 2.31 bits per heavy atom. The van der Waals surface area contributed by atoms with Gasteiger partial charge in [-0.15, -0.1) is 0 Å². The second-order valence-corrected chi connectivity index (χ2v) is 4.73. The summed E-state index contributed by atoms with van der Waals surface area (Å²) in [7, 11) is 0. The highest BCUT2D eigenvalue weighted by Crippen LogP contribution is 2.19. The molecule has 1 aliphatic rings. The number of aliphatic hydroxyl groups excluding tert-OH is 1. The molecular formula is C11H11BrFNO2. The lowest BCUT2D eigenvalue weighted by Crippen LogP contribution is -2.30. The van der Waals surface area contributed by atoms with Gasteiger partial charge < -0.3 is 10.0 Å². The fraction of sp³-hybridized carbons (Fsp3) is 0.364. The minimum Gasteiger partial charge on any atom is -0.391 e. The van der Waals surface area contributed by atoms with Gasteiger partial charge >= 0.3 is 0 Å². The first-order valence-electron chi connectivity index (χ1n) is 5.00. The number of hydrogen-bond acceptors (Lipinski definition) is 2. The Morgan fingerprint density at radius 3 is 2.88 bits per heavy atom. The van der Waals surface area contributed by atoms with Gasteiger partial charge in [-0.05, 0) is 24.6 Å². The van der Waals surface area contributed by atoms with Crippen LogP contribution in [0.25, 0.3) is 0 Å². The highest BCUT2D eigenvalue weighted by atomic mass is 79.9. The van der Waals surface area contributed by atoms with Crippen molar-refractivity contribution in [3.63, 3.8) is 0 Å². The van der Waals surface area contributed by atoms with E-state index in [9.17, 15) is 14.3 Å². The van der Waals surface area contributed by atoms with Gasteiger partial charge in [0.1, 0.15) is 5.82 Å². The van der Waals surface area contributed by atoms with Crippen LogP contribution in [0.15, 0.2) is 22.7 Å². The summed E-state index contributed by atoms with van der Waals surface area (Å²) >= 11 is 3.13. The van der Waals surface area contributed by atoms with Crippen LogP contribution >= 0.6 is 15.9 Å². The number of rotatable bonds is 1. The third-order valence-corrected chi connectivity index (χ3v) is 3.11. The summed E-state index contributed by atoms with van der Waals surface area (Å²) in [6.45, 7) is 0.768. The van der Waals surface area contributed by atoms with Gasteiger partial charge in [0.25, 0.3) is 5.91 Å². The number of aliphatic hydroxyl groups is 1. The van der Waals surface area contributed by atoms with E-state index < -0.39 is 11.9 Å². The molecular weight excluding hydrogens is 277 g/mol. The molecule has 1 amide bonds. The number of likely N-dealkylation sites (tertiary alicyclic amines) is 1. The Kier molecular flexibility index (Phi) is 3.25. The molecule has 1 atom stereocenters. The Morgan fingerprint density at radius 1 is 1.56 bits per heavy atom. The Labute approximate surface area is 101 Å². The second kappa shape index (κ2) is 4.51. The number of halogens is 2. The molecule has 1 fully saturated rings. The number of carbonyl (C=O) groups is 1. The molecule has 1 N–H and O–H groups in total. The number of amides is 1. The molecule has 16 heavy (non-hydrogen) atoms. The first-order chi connectivity index (χ1) is 7.58. The monoisotopic (exact) mass is 287 g/mol. The van der Waals surface area contributed by atoms with Gasteiger partial charge in [0.05, 0.1) is 11.7 Å². The van der Waals surface area contributed by atoms with E-state index in [2.05, 4.69) is 15.9 Å². The zero-order valence-corrected chi connectivity index (χ0v) is 10.1. The largest absolute Gasteiger partial charge is 0.391 e. The Bertz CT molecular complexity index is 424. The minimum absolute atomic E-state index is 0.0531. The highest BCUT2D eigenvalue weighted by molar-refractivity contribution is 9.10. The molecule has 0 saturated carbocycles. The number of β-amino-alcohol motifs (C(OH)–C–C–N with tert-alkyl or cyclic N) is 1. The number of benzene rings is 1. The van der Waals surface area contributed by atoms with Crippen LogP contribution in [-0.4, -0.2) is 35.1 Å². The van der Waals surface area contributed by atoms with E-state index in [-0.39, 0.29) is 18.0 Å². The van der Waals surface area contributed by atoms with Crippen LogP contribution in [0.4, 0.5) is 4.39 Å². The first-order valence-corrected chi connectivity index (χ1v) is 5.79. The zero-order chi connectivity index (χ0) is 11.7. The van der Waals surface area contributed by atoms with Crippen LogP contribution in [0.5, 0.6) is 0 Å². The fourth-order valence-corrected chi connectivity index (χ4v) is 2.09. The molecule has 0 radical (unpaired) electrons. The van der Waals surface area contributed by atoms with Crippen LogP contribution in [-0.2, 0) is 0 Å². The Hall–Kier alpha value is -0.940. The number of nitrogens with zero attached hydrogens (tertiary/aromatic N) is 1. The van der Waals surface area contributed by atoms with E-state index in [1.54, 1.807) is 6.07 Å². The lowest BCUT2D eigenvalue weighted by Gasteiger charge is -2.15.